The van der Waals surface area contributed by atoms with Crippen molar-refractivity contribution in [3.05, 3.63) is 65.7 Å². The zero-order chi connectivity index (χ0) is 18.6. The third-order valence-corrected chi connectivity index (χ3v) is 4.90. The van der Waals surface area contributed by atoms with Crippen molar-refractivity contribution in [2.45, 2.75) is 0 Å². The minimum atomic E-state index is 0.691. The molecule has 1 aliphatic rings. The SMILES string of the molecule is CN1CCN(c2nc(Nc3cccc(Cl)c3)cc(-c3ccccc3)n2)CC1. The Morgan fingerprint density at radius 1 is 0.889 bits per heavy atom. The van der Waals surface area contributed by atoms with Crippen LogP contribution in [0.15, 0.2) is 60.7 Å². The summed E-state index contributed by atoms with van der Waals surface area (Å²) in [5.74, 6) is 1.52. The molecule has 138 valence electrons. The summed E-state index contributed by atoms with van der Waals surface area (Å²) >= 11 is 6.12. The molecular formula is C21H22ClN5. The second kappa shape index (κ2) is 7.94. The quantitative estimate of drug-likeness (QED) is 0.732. The van der Waals surface area contributed by atoms with Crippen molar-refractivity contribution in [1.29, 1.82) is 0 Å². The van der Waals surface area contributed by atoms with Gasteiger partial charge in [-0.1, -0.05) is 48.0 Å². The van der Waals surface area contributed by atoms with Crippen molar-refractivity contribution >= 4 is 29.1 Å². The molecule has 2 heterocycles. The Morgan fingerprint density at radius 3 is 2.41 bits per heavy atom. The van der Waals surface area contributed by atoms with Gasteiger partial charge in [0.2, 0.25) is 5.95 Å². The zero-order valence-corrected chi connectivity index (χ0v) is 16.0. The minimum absolute atomic E-state index is 0.691. The van der Waals surface area contributed by atoms with Gasteiger partial charge in [-0.05, 0) is 25.2 Å². The van der Waals surface area contributed by atoms with E-state index >= 15 is 0 Å². The van der Waals surface area contributed by atoms with Crippen LogP contribution in [0, 0.1) is 0 Å². The van der Waals surface area contributed by atoms with Crippen LogP contribution in [-0.2, 0) is 0 Å². The summed E-state index contributed by atoms with van der Waals surface area (Å²) in [6, 6.07) is 19.8. The standard InChI is InChI=1S/C21H22ClN5/c1-26-10-12-27(13-11-26)21-24-19(16-6-3-2-4-7-16)15-20(25-21)23-18-9-5-8-17(22)14-18/h2-9,14-15H,10-13H2,1H3,(H,23,24,25). The Labute approximate surface area is 164 Å². The Balaban J connectivity index is 1.70. The van der Waals surface area contributed by atoms with Gasteiger partial charge in [0.15, 0.2) is 0 Å². The molecule has 1 saturated heterocycles. The minimum Gasteiger partial charge on any atom is -0.340 e. The van der Waals surface area contributed by atoms with E-state index < -0.39 is 0 Å². The molecule has 27 heavy (non-hydrogen) atoms. The molecule has 1 fully saturated rings. The lowest BCUT2D eigenvalue weighted by molar-refractivity contribution is 0.311. The van der Waals surface area contributed by atoms with Crippen LogP contribution in [0.1, 0.15) is 0 Å². The first-order chi connectivity index (χ1) is 13.2. The van der Waals surface area contributed by atoms with E-state index in [0.717, 1.165) is 54.9 Å². The molecule has 0 aliphatic carbocycles. The van der Waals surface area contributed by atoms with E-state index in [2.05, 4.69) is 34.3 Å². The largest absolute Gasteiger partial charge is 0.340 e. The first-order valence-corrected chi connectivity index (χ1v) is 9.46. The molecule has 3 aromatic rings. The van der Waals surface area contributed by atoms with Crippen LogP contribution in [0.3, 0.4) is 0 Å². The van der Waals surface area contributed by atoms with Crippen molar-refractivity contribution in [2.24, 2.45) is 0 Å². The topological polar surface area (TPSA) is 44.3 Å². The van der Waals surface area contributed by atoms with E-state index in [1.807, 2.05) is 48.5 Å². The summed E-state index contributed by atoms with van der Waals surface area (Å²) in [6.07, 6.45) is 0. The maximum atomic E-state index is 6.12. The van der Waals surface area contributed by atoms with Crippen LogP contribution < -0.4 is 10.2 Å². The average Bonchev–Trinajstić information content (AvgIpc) is 2.69. The van der Waals surface area contributed by atoms with Gasteiger partial charge >= 0.3 is 0 Å². The number of hydrogen-bond acceptors (Lipinski definition) is 5. The Hall–Kier alpha value is -2.63. The molecule has 1 aliphatic heterocycles. The number of piperazine rings is 1. The van der Waals surface area contributed by atoms with Crippen molar-refractivity contribution < 1.29 is 0 Å². The third kappa shape index (κ3) is 4.38. The monoisotopic (exact) mass is 379 g/mol. The molecule has 0 radical (unpaired) electrons. The van der Waals surface area contributed by atoms with E-state index in [9.17, 15) is 0 Å². The summed E-state index contributed by atoms with van der Waals surface area (Å²) in [6.45, 7) is 3.86. The summed E-state index contributed by atoms with van der Waals surface area (Å²) in [7, 11) is 2.14. The fourth-order valence-electron chi connectivity index (χ4n) is 3.12. The number of nitrogens with one attached hydrogen (secondary N) is 1. The number of nitrogens with zero attached hydrogens (tertiary/aromatic N) is 4. The molecule has 0 spiro atoms. The van der Waals surface area contributed by atoms with Crippen molar-refractivity contribution in [2.75, 3.05) is 43.4 Å². The molecule has 0 saturated carbocycles. The number of hydrogen-bond donors (Lipinski definition) is 1. The normalized spacial score (nSPS) is 15.0. The Bertz CT molecular complexity index is 907. The summed E-state index contributed by atoms with van der Waals surface area (Å²) in [5, 5.41) is 4.06. The number of aromatic nitrogens is 2. The second-order valence-electron chi connectivity index (χ2n) is 6.73. The fraction of sp³-hybridized carbons (Fsp3) is 0.238. The molecule has 0 amide bonds. The van der Waals surface area contributed by atoms with Crippen molar-refractivity contribution in [1.82, 2.24) is 14.9 Å². The molecule has 5 nitrogen and oxygen atoms in total. The van der Waals surface area contributed by atoms with Crippen LogP contribution in [0.2, 0.25) is 5.02 Å². The molecule has 1 N–H and O–H groups in total. The van der Waals surface area contributed by atoms with Gasteiger partial charge in [0.25, 0.3) is 0 Å². The Kier molecular flexibility index (Phi) is 5.23. The van der Waals surface area contributed by atoms with E-state index in [4.69, 9.17) is 21.6 Å². The van der Waals surface area contributed by atoms with Crippen LogP contribution >= 0.6 is 11.6 Å². The number of likely N-dealkylation sites (N-methyl/N-ethyl adjacent to an activating group) is 1. The molecule has 0 atom stereocenters. The highest BCUT2D eigenvalue weighted by Gasteiger charge is 2.18. The van der Waals surface area contributed by atoms with Gasteiger partial charge in [-0.15, -0.1) is 0 Å². The number of anilines is 3. The van der Waals surface area contributed by atoms with Crippen LogP contribution in [0.5, 0.6) is 0 Å². The maximum Gasteiger partial charge on any atom is 0.227 e. The number of halogens is 1. The Morgan fingerprint density at radius 2 is 1.67 bits per heavy atom. The highest BCUT2D eigenvalue weighted by atomic mass is 35.5. The van der Waals surface area contributed by atoms with Gasteiger partial charge < -0.3 is 15.1 Å². The lowest BCUT2D eigenvalue weighted by Crippen LogP contribution is -2.45. The predicted molar refractivity (Wildman–Crippen MR) is 112 cm³/mol. The average molecular weight is 380 g/mol. The lowest BCUT2D eigenvalue weighted by Gasteiger charge is -2.32. The van der Waals surface area contributed by atoms with Gasteiger partial charge in [0.05, 0.1) is 5.69 Å². The van der Waals surface area contributed by atoms with Crippen LogP contribution in [-0.4, -0.2) is 48.1 Å². The van der Waals surface area contributed by atoms with Crippen molar-refractivity contribution in [3.63, 3.8) is 0 Å². The van der Waals surface area contributed by atoms with Crippen molar-refractivity contribution in [3.8, 4) is 11.3 Å². The van der Waals surface area contributed by atoms with Gasteiger partial charge in [0.1, 0.15) is 5.82 Å². The summed E-state index contributed by atoms with van der Waals surface area (Å²) in [5.41, 5.74) is 2.89. The number of benzene rings is 2. The van der Waals surface area contributed by atoms with Gasteiger partial charge in [-0.2, -0.15) is 4.98 Å². The van der Waals surface area contributed by atoms with Gasteiger partial charge in [-0.3, -0.25) is 0 Å². The van der Waals surface area contributed by atoms with E-state index in [1.54, 1.807) is 0 Å². The highest BCUT2D eigenvalue weighted by molar-refractivity contribution is 6.30. The first-order valence-electron chi connectivity index (χ1n) is 9.08. The van der Waals surface area contributed by atoms with E-state index in [-0.39, 0.29) is 0 Å². The molecule has 6 heteroatoms. The molecule has 0 bridgehead atoms. The van der Waals surface area contributed by atoms with Crippen LogP contribution in [0.25, 0.3) is 11.3 Å². The van der Waals surface area contributed by atoms with E-state index in [0.29, 0.717) is 5.02 Å². The smallest absolute Gasteiger partial charge is 0.227 e. The lowest BCUT2D eigenvalue weighted by atomic mass is 10.1. The second-order valence-corrected chi connectivity index (χ2v) is 7.17. The maximum absolute atomic E-state index is 6.12. The molecule has 0 unspecified atom stereocenters. The first kappa shape index (κ1) is 17.8. The number of rotatable bonds is 4. The van der Waals surface area contributed by atoms with Gasteiger partial charge in [-0.25, -0.2) is 4.98 Å². The predicted octanol–water partition coefficient (Wildman–Crippen LogP) is 4.29. The molecular weight excluding hydrogens is 358 g/mol. The highest BCUT2D eigenvalue weighted by Crippen LogP contribution is 2.26. The van der Waals surface area contributed by atoms with Crippen LogP contribution in [0.4, 0.5) is 17.5 Å². The van der Waals surface area contributed by atoms with Gasteiger partial charge in [0, 0.05) is 48.5 Å². The van der Waals surface area contributed by atoms with E-state index in [1.165, 1.54) is 0 Å². The fourth-order valence-corrected chi connectivity index (χ4v) is 3.31. The third-order valence-electron chi connectivity index (χ3n) is 4.67. The zero-order valence-electron chi connectivity index (χ0n) is 15.3. The molecule has 4 rings (SSSR count). The molecule has 2 aromatic carbocycles. The summed E-state index contributed by atoms with van der Waals surface area (Å²) < 4.78 is 0. The summed E-state index contributed by atoms with van der Waals surface area (Å²) in [4.78, 5) is 14.2. The molecule has 1 aromatic heterocycles.